The lowest BCUT2D eigenvalue weighted by molar-refractivity contribution is -0.128. The lowest BCUT2D eigenvalue weighted by Crippen LogP contribution is -2.11. The summed E-state index contributed by atoms with van der Waals surface area (Å²) in [5.74, 6) is 0.849. The molecule has 0 bridgehead atoms. The fourth-order valence-electron chi connectivity index (χ4n) is 4.64. The van der Waals surface area contributed by atoms with E-state index < -0.39 is 5.97 Å². The molecule has 0 saturated carbocycles. The third-order valence-electron chi connectivity index (χ3n) is 7.82. The number of carbonyl (C=O) groups is 2. The number of esters is 2. The van der Waals surface area contributed by atoms with Crippen LogP contribution in [0.5, 0.6) is 11.5 Å². The van der Waals surface area contributed by atoms with E-state index in [2.05, 4.69) is 25.8 Å². The van der Waals surface area contributed by atoms with Crippen LogP contribution < -0.4 is 9.47 Å². The molecular formula is C40H51NO5. The lowest BCUT2D eigenvalue weighted by atomic mass is 10.1. The summed E-state index contributed by atoms with van der Waals surface area (Å²) in [7, 11) is 0. The van der Waals surface area contributed by atoms with Gasteiger partial charge in [-0.05, 0) is 90.2 Å². The Balaban J connectivity index is 1.33. The molecule has 3 aromatic carbocycles. The fraction of sp³-hybridized carbons (Fsp3) is 0.425. The van der Waals surface area contributed by atoms with Crippen molar-refractivity contribution in [3.8, 4) is 11.5 Å². The molecular weight excluding hydrogens is 574 g/mol. The van der Waals surface area contributed by atoms with Gasteiger partial charge in [-0.15, -0.1) is 0 Å². The molecule has 0 aromatic heterocycles. The quantitative estimate of drug-likeness (QED) is 0.0387. The second-order valence-electron chi connectivity index (χ2n) is 11.8. The Morgan fingerprint density at radius 1 is 0.717 bits per heavy atom. The monoisotopic (exact) mass is 625 g/mol. The molecule has 0 aliphatic carbocycles. The van der Waals surface area contributed by atoms with Gasteiger partial charge in [-0.3, -0.25) is 4.99 Å². The average Bonchev–Trinajstić information content (AvgIpc) is 3.09. The lowest BCUT2D eigenvalue weighted by Gasteiger charge is -2.09. The number of benzene rings is 3. The highest BCUT2D eigenvalue weighted by atomic mass is 16.5. The van der Waals surface area contributed by atoms with Gasteiger partial charge in [0.25, 0.3) is 0 Å². The van der Waals surface area contributed by atoms with Crippen LogP contribution in [-0.2, 0) is 9.53 Å². The summed E-state index contributed by atoms with van der Waals surface area (Å²) < 4.78 is 16.7. The predicted molar refractivity (Wildman–Crippen MR) is 188 cm³/mol. The number of aliphatic imine (C=N–C) groups is 1. The molecule has 0 spiro atoms. The van der Waals surface area contributed by atoms with Crippen LogP contribution in [-0.4, -0.2) is 31.4 Å². The minimum absolute atomic E-state index is 0.326. The van der Waals surface area contributed by atoms with Crippen molar-refractivity contribution in [1.29, 1.82) is 0 Å². The van der Waals surface area contributed by atoms with E-state index >= 15 is 0 Å². The first kappa shape index (κ1) is 36.3. The molecule has 0 N–H and O–H groups in total. The van der Waals surface area contributed by atoms with E-state index in [1.54, 1.807) is 48.7 Å². The zero-order valence-corrected chi connectivity index (χ0v) is 27.9. The van der Waals surface area contributed by atoms with Gasteiger partial charge in [-0.1, -0.05) is 97.1 Å². The van der Waals surface area contributed by atoms with Crippen LogP contribution in [0.2, 0.25) is 0 Å². The maximum absolute atomic E-state index is 12.3. The molecule has 3 aromatic rings. The van der Waals surface area contributed by atoms with Gasteiger partial charge in [-0.25, -0.2) is 9.59 Å². The van der Waals surface area contributed by atoms with Gasteiger partial charge in [0.1, 0.15) is 11.5 Å². The number of carbonyl (C=O) groups excluding carboxylic acids is 2. The smallest absolute Gasteiger partial charge is 0.338 e. The highest BCUT2D eigenvalue weighted by Gasteiger charge is 2.09. The molecule has 246 valence electrons. The van der Waals surface area contributed by atoms with E-state index in [1.165, 1.54) is 63.9 Å². The summed E-state index contributed by atoms with van der Waals surface area (Å²) in [6.07, 6.45) is 18.9. The SMILES string of the molecule is CCCCCCCCCCCCOc1ccc(/C=C/C(=O)Oc2ccc(C=Nc3ccc(C(=O)OC[C@@H](C)CC)cc3)cc2)cc1. The van der Waals surface area contributed by atoms with Gasteiger partial charge >= 0.3 is 11.9 Å². The number of unbranched alkanes of at least 4 members (excludes halogenated alkanes) is 9. The van der Waals surface area contributed by atoms with E-state index in [0.29, 0.717) is 29.5 Å². The summed E-state index contributed by atoms with van der Waals surface area (Å²) >= 11 is 0. The molecule has 0 amide bonds. The van der Waals surface area contributed by atoms with Gasteiger partial charge in [-0.2, -0.15) is 0 Å². The summed E-state index contributed by atoms with van der Waals surface area (Å²) in [5, 5.41) is 0. The standard InChI is InChI=1S/C40H51NO5/c1-4-6-7-8-9-10-11-12-13-14-29-44-37-24-15-33(16-25-37)19-28-39(42)46-38-26-17-34(18-27-38)30-41-36-22-20-35(21-23-36)40(43)45-31-32(3)5-2/h15-28,30,32H,4-14,29,31H2,1-3H3/b28-19+,41-30?/t32-/m0/s1. The molecule has 0 saturated heterocycles. The average molecular weight is 626 g/mol. The molecule has 0 aliphatic rings. The highest BCUT2D eigenvalue weighted by Crippen LogP contribution is 2.18. The van der Waals surface area contributed by atoms with Crippen molar-refractivity contribution >= 4 is 29.9 Å². The Labute approximate surface area is 275 Å². The van der Waals surface area contributed by atoms with Gasteiger partial charge in [0.05, 0.1) is 24.5 Å². The minimum Gasteiger partial charge on any atom is -0.494 e. The van der Waals surface area contributed by atoms with Crippen molar-refractivity contribution in [2.24, 2.45) is 10.9 Å². The van der Waals surface area contributed by atoms with Crippen LogP contribution in [0.3, 0.4) is 0 Å². The van der Waals surface area contributed by atoms with E-state index in [1.807, 2.05) is 36.4 Å². The normalized spacial score (nSPS) is 12.0. The Kier molecular flexibility index (Phi) is 17.0. The van der Waals surface area contributed by atoms with E-state index in [-0.39, 0.29) is 5.97 Å². The van der Waals surface area contributed by atoms with Crippen molar-refractivity contribution in [1.82, 2.24) is 0 Å². The Bertz CT molecular complexity index is 1340. The molecule has 0 aliphatic heterocycles. The number of hydrogen-bond acceptors (Lipinski definition) is 6. The van der Waals surface area contributed by atoms with Gasteiger partial charge in [0.15, 0.2) is 0 Å². The van der Waals surface area contributed by atoms with Crippen molar-refractivity contribution in [2.75, 3.05) is 13.2 Å². The molecule has 46 heavy (non-hydrogen) atoms. The van der Waals surface area contributed by atoms with Crippen molar-refractivity contribution < 1.29 is 23.8 Å². The zero-order chi connectivity index (χ0) is 32.8. The van der Waals surface area contributed by atoms with Crippen LogP contribution in [0, 0.1) is 5.92 Å². The van der Waals surface area contributed by atoms with E-state index in [4.69, 9.17) is 14.2 Å². The second-order valence-corrected chi connectivity index (χ2v) is 11.8. The van der Waals surface area contributed by atoms with E-state index in [9.17, 15) is 9.59 Å². The first-order chi connectivity index (χ1) is 22.5. The van der Waals surface area contributed by atoms with Crippen molar-refractivity contribution in [3.05, 3.63) is 95.6 Å². The van der Waals surface area contributed by atoms with Gasteiger partial charge < -0.3 is 14.2 Å². The third kappa shape index (κ3) is 14.7. The van der Waals surface area contributed by atoms with Gasteiger partial charge in [0.2, 0.25) is 0 Å². The topological polar surface area (TPSA) is 74.2 Å². The second kappa shape index (κ2) is 21.5. The minimum atomic E-state index is -0.453. The van der Waals surface area contributed by atoms with E-state index in [0.717, 1.165) is 36.3 Å². The summed E-state index contributed by atoms with van der Waals surface area (Å²) in [6.45, 7) is 7.52. The van der Waals surface area contributed by atoms with Gasteiger partial charge in [0, 0.05) is 12.3 Å². The third-order valence-corrected chi connectivity index (χ3v) is 7.82. The molecule has 3 rings (SSSR count). The largest absolute Gasteiger partial charge is 0.494 e. The molecule has 6 nitrogen and oxygen atoms in total. The molecule has 0 radical (unpaired) electrons. The number of nitrogens with zero attached hydrogens (tertiary/aromatic N) is 1. The number of hydrogen-bond donors (Lipinski definition) is 0. The Morgan fingerprint density at radius 2 is 1.30 bits per heavy atom. The maximum Gasteiger partial charge on any atom is 0.338 e. The first-order valence-electron chi connectivity index (χ1n) is 17.0. The Hall–Kier alpha value is -4.19. The summed E-state index contributed by atoms with van der Waals surface area (Å²) in [6, 6.07) is 21.8. The number of ether oxygens (including phenoxy) is 3. The summed E-state index contributed by atoms with van der Waals surface area (Å²) in [4.78, 5) is 29.0. The zero-order valence-electron chi connectivity index (χ0n) is 27.9. The van der Waals surface area contributed by atoms with Crippen LogP contribution in [0.15, 0.2) is 83.9 Å². The predicted octanol–water partition coefficient (Wildman–Crippen LogP) is 10.6. The van der Waals surface area contributed by atoms with Crippen molar-refractivity contribution in [3.63, 3.8) is 0 Å². The fourth-order valence-corrected chi connectivity index (χ4v) is 4.64. The molecule has 6 heteroatoms. The molecule has 0 unspecified atom stereocenters. The maximum atomic E-state index is 12.3. The van der Waals surface area contributed by atoms with Crippen LogP contribution in [0.4, 0.5) is 5.69 Å². The Morgan fingerprint density at radius 3 is 1.93 bits per heavy atom. The first-order valence-corrected chi connectivity index (χ1v) is 17.0. The molecule has 1 atom stereocenters. The number of rotatable bonds is 21. The van der Waals surface area contributed by atoms with Crippen LogP contribution in [0.1, 0.15) is 113 Å². The van der Waals surface area contributed by atoms with Crippen molar-refractivity contribution in [2.45, 2.75) is 91.4 Å². The molecule has 0 heterocycles. The summed E-state index contributed by atoms with van der Waals surface area (Å²) in [5.41, 5.74) is 2.96. The molecule has 0 fully saturated rings. The van der Waals surface area contributed by atoms with Crippen LogP contribution >= 0.6 is 0 Å². The highest BCUT2D eigenvalue weighted by molar-refractivity contribution is 5.90. The van der Waals surface area contributed by atoms with Crippen LogP contribution in [0.25, 0.3) is 6.08 Å².